The van der Waals surface area contributed by atoms with Crippen LogP contribution < -0.4 is 5.32 Å². The molecule has 4 heteroatoms. The van der Waals surface area contributed by atoms with Crippen molar-refractivity contribution < 1.29 is 4.39 Å². The molecule has 1 aliphatic rings. The number of nitrogens with one attached hydrogen (secondary N) is 1. The van der Waals surface area contributed by atoms with Crippen molar-refractivity contribution >= 4 is 15.9 Å². The van der Waals surface area contributed by atoms with E-state index in [2.05, 4.69) is 46.9 Å². The molecule has 0 spiro atoms. The van der Waals surface area contributed by atoms with E-state index in [-0.39, 0.29) is 17.3 Å². The highest BCUT2D eigenvalue weighted by molar-refractivity contribution is 9.10. The molecule has 0 amide bonds. The van der Waals surface area contributed by atoms with E-state index in [1.54, 1.807) is 12.1 Å². The Morgan fingerprint density at radius 1 is 1.26 bits per heavy atom. The minimum absolute atomic E-state index is 0.00102. The van der Waals surface area contributed by atoms with E-state index in [4.69, 9.17) is 0 Å². The zero-order valence-electron chi connectivity index (χ0n) is 11.8. The standard InChI is InChI=1S/C15H22BrFN2/c1-15(2,3)14(19-8-6-18-7-9-19)12-10-11(16)4-5-13(12)17/h4-5,10,14,18H,6-9H2,1-3H3/t14-/m1/s1. The molecule has 1 saturated heterocycles. The molecule has 1 heterocycles. The van der Waals surface area contributed by atoms with Gasteiger partial charge >= 0.3 is 0 Å². The lowest BCUT2D eigenvalue weighted by Gasteiger charge is -2.42. The third-order valence-electron chi connectivity index (χ3n) is 3.59. The Bertz CT molecular complexity index is 436. The van der Waals surface area contributed by atoms with Gasteiger partial charge in [0.1, 0.15) is 5.82 Å². The summed E-state index contributed by atoms with van der Waals surface area (Å²) in [6, 6.07) is 5.34. The quantitative estimate of drug-likeness (QED) is 0.892. The van der Waals surface area contributed by atoms with Gasteiger partial charge in [-0.3, -0.25) is 4.90 Å². The zero-order valence-corrected chi connectivity index (χ0v) is 13.4. The van der Waals surface area contributed by atoms with Crippen LogP contribution in [0.15, 0.2) is 22.7 Å². The van der Waals surface area contributed by atoms with E-state index in [0.29, 0.717) is 0 Å². The van der Waals surface area contributed by atoms with Crippen LogP contribution in [0.1, 0.15) is 32.4 Å². The molecule has 0 bridgehead atoms. The van der Waals surface area contributed by atoms with Crippen LogP contribution in [0.25, 0.3) is 0 Å². The third-order valence-corrected chi connectivity index (χ3v) is 4.08. The van der Waals surface area contributed by atoms with Gasteiger partial charge in [0.05, 0.1) is 0 Å². The second-order valence-electron chi connectivity index (χ2n) is 6.22. The Labute approximate surface area is 123 Å². The molecule has 2 rings (SSSR count). The molecule has 0 unspecified atom stereocenters. The summed E-state index contributed by atoms with van der Waals surface area (Å²) in [6.45, 7) is 10.4. The van der Waals surface area contributed by atoms with Crippen molar-refractivity contribution in [2.75, 3.05) is 26.2 Å². The van der Waals surface area contributed by atoms with Crippen LogP contribution in [0.3, 0.4) is 0 Å². The van der Waals surface area contributed by atoms with Crippen molar-refractivity contribution in [1.82, 2.24) is 10.2 Å². The summed E-state index contributed by atoms with van der Waals surface area (Å²) in [5, 5.41) is 3.35. The first-order valence-corrected chi connectivity index (χ1v) is 7.58. The minimum Gasteiger partial charge on any atom is -0.314 e. The molecular formula is C15H22BrFN2. The number of hydrogen-bond acceptors (Lipinski definition) is 2. The lowest BCUT2D eigenvalue weighted by atomic mass is 9.80. The largest absolute Gasteiger partial charge is 0.314 e. The van der Waals surface area contributed by atoms with Crippen molar-refractivity contribution in [2.45, 2.75) is 26.8 Å². The first kappa shape index (κ1) is 14.9. The summed E-state index contributed by atoms with van der Waals surface area (Å²) in [4.78, 5) is 2.39. The van der Waals surface area contributed by atoms with Gasteiger partial charge in [-0.25, -0.2) is 4.39 Å². The molecule has 1 fully saturated rings. The summed E-state index contributed by atoms with van der Waals surface area (Å²) in [5.41, 5.74) is 0.794. The number of halogens is 2. The van der Waals surface area contributed by atoms with Gasteiger partial charge in [-0.2, -0.15) is 0 Å². The summed E-state index contributed by atoms with van der Waals surface area (Å²) < 4.78 is 15.2. The van der Waals surface area contributed by atoms with Crippen molar-refractivity contribution in [3.05, 3.63) is 34.1 Å². The van der Waals surface area contributed by atoms with Crippen molar-refractivity contribution in [3.8, 4) is 0 Å². The van der Waals surface area contributed by atoms with Gasteiger partial charge in [-0.15, -0.1) is 0 Å². The Morgan fingerprint density at radius 2 is 1.89 bits per heavy atom. The molecule has 1 aromatic rings. The van der Waals surface area contributed by atoms with E-state index in [0.717, 1.165) is 36.2 Å². The van der Waals surface area contributed by atoms with E-state index in [1.165, 1.54) is 0 Å². The first-order chi connectivity index (χ1) is 8.89. The van der Waals surface area contributed by atoms with E-state index in [1.807, 2.05) is 6.07 Å². The fourth-order valence-electron chi connectivity index (χ4n) is 2.88. The molecule has 1 aromatic carbocycles. The Hall–Kier alpha value is -0.450. The average molecular weight is 329 g/mol. The molecule has 1 aliphatic heterocycles. The lowest BCUT2D eigenvalue weighted by Crippen LogP contribution is -2.48. The number of benzene rings is 1. The predicted octanol–water partition coefficient (Wildman–Crippen LogP) is 3.58. The molecule has 19 heavy (non-hydrogen) atoms. The predicted molar refractivity (Wildman–Crippen MR) is 80.7 cm³/mol. The Morgan fingerprint density at radius 3 is 2.47 bits per heavy atom. The highest BCUT2D eigenvalue weighted by Crippen LogP contribution is 2.39. The monoisotopic (exact) mass is 328 g/mol. The molecule has 0 aromatic heterocycles. The molecule has 0 aliphatic carbocycles. The first-order valence-electron chi connectivity index (χ1n) is 6.79. The second kappa shape index (κ2) is 5.90. The number of rotatable bonds is 2. The maximum atomic E-state index is 14.2. The molecule has 1 N–H and O–H groups in total. The van der Waals surface area contributed by atoms with E-state index < -0.39 is 0 Å². The number of piperazine rings is 1. The fourth-order valence-corrected chi connectivity index (χ4v) is 3.25. The van der Waals surface area contributed by atoms with Crippen LogP contribution in [-0.2, 0) is 0 Å². The topological polar surface area (TPSA) is 15.3 Å². The smallest absolute Gasteiger partial charge is 0.128 e. The molecule has 106 valence electrons. The molecule has 0 radical (unpaired) electrons. The van der Waals surface area contributed by atoms with Crippen LogP contribution in [-0.4, -0.2) is 31.1 Å². The van der Waals surface area contributed by atoms with Gasteiger partial charge in [0, 0.05) is 42.3 Å². The number of hydrogen-bond donors (Lipinski definition) is 1. The maximum Gasteiger partial charge on any atom is 0.128 e. The zero-order chi connectivity index (χ0) is 14.0. The summed E-state index contributed by atoms with van der Waals surface area (Å²) in [6.07, 6.45) is 0. The van der Waals surface area contributed by atoms with Crippen LogP contribution in [0.2, 0.25) is 0 Å². The van der Waals surface area contributed by atoms with Gasteiger partial charge in [-0.05, 0) is 23.6 Å². The summed E-state index contributed by atoms with van der Waals surface area (Å²) in [7, 11) is 0. The highest BCUT2D eigenvalue weighted by atomic mass is 79.9. The average Bonchev–Trinajstić information content (AvgIpc) is 2.33. The Balaban J connectivity index is 2.39. The Kier molecular flexibility index (Phi) is 4.64. The van der Waals surface area contributed by atoms with Gasteiger partial charge in [0.15, 0.2) is 0 Å². The summed E-state index contributed by atoms with van der Waals surface area (Å²) in [5.74, 6) is -0.110. The van der Waals surface area contributed by atoms with Crippen LogP contribution >= 0.6 is 15.9 Å². The van der Waals surface area contributed by atoms with Crippen molar-refractivity contribution in [1.29, 1.82) is 0 Å². The maximum absolute atomic E-state index is 14.2. The molecule has 2 nitrogen and oxygen atoms in total. The van der Waals surface area contributed by atoms with Crippen LogP contribution in [0.5, 0.6) is 0 Å². The minimum atomic E-state index is -0.110. The fraction of sp³-hybridized carbons (Fsp3) is 0.600. The highest BCUT2D eigenvalue weighted by Gasteiger charge is 2.34. The van der Waals surface area contributed by atoms with E-state index in [9.17, 15) is 4.39 Å². The normalized spacial score (nSPS) is 19.4. The van der Waals surface area contributed by atoms with Gasteiger partial charge in [0.2, 0.25) is 0 Å². The lowest BCUT2D eigenvalue weighted by molar-refractivity contribution is 0.0834. The SMILES string of the molecule is CC(C)(C)[C@@H](c1cc(Br)ccc1F)N1CCNCC1. The van der Waals surface area contributed by atoms with E-state index >= 15 is 0 Å². The molecule has 0 saturated carbocycles. The van der Waals surface area contributed by atoms with Gasteiger partial charge < -0.3 is 5.32 Å². The summed E-state index contributed by atoms with van der Waals surface area (Å²) >= 11 is 3.46. The van der Waals surface area contributed by atoms with Crippen molar-refractivity contribution in [3.63, 3.8) is 0 Å². The second-order valence-corrected chi connectivity index (χ2v) is 7.14. The van der Waals surface area contributed by atoms with Crippen LogP contribution in [0, 0.1) is 11.2 Å². The van der Waals surface area contributed by atoms with Gasteiger partial charge in [0.25, 0.3) is 0 Å². The van der Waals surface area contributed by atoms with Gasteiger partial charge in [-0.1, -0.05) is 36.7 Å². The van der Waals surface area contributed by atoms with Crippen molar-refractivity contribution in [2.24, 2.45) is 5.41 Å². The molecular weight excluding hydrogens is 307 g/mol. The third kappa shape index (κ3) is 3.56. The molecule has 1 atom stereocenters. The van der Waals surface area contributed by atoms with Crippen LogP contribution in [0.4, 0.5) is 4.39 Å². The number of nitrogens with zero attached hydrogens (tertiary/aromatic N) is 1.